The molecule has 5 rings (SSSR count). The van der Waals surface area contributed by atoms with Crippen LogP contribution < -0.4 is 0 Å². The zero-order chi connectivity index (χ0) is 23.5. The Morgan fingerprint density at radius 1 is 1.12 bits per heavy atom. The lowest BCUT2D eigenvalue weighted by Crippen LogP contribution is -2.24. The molecular weight excluding hydrogens is 426 g/mol. The van der Waals surface area contributed by atoms with Crippen LogP contribution >= 0.6 is 0 Å². The molecule has 0 radical (unpaired) electrons. The van der Waals surface area contributed by atoms with Gasteiger partial charge in [0.2, 0.25) is 0 Å². The molecule has 2 aromatic heterocycles. The van der Waals surface area contributed by atoms with E-state index in [1.165, 1.54) is 17.0 Å². The van der Waals surface area contributed by atoms with E-state index in [9.17, 15) is 9.90 Å². The highest BCUT2D eigenvalue weighted by atomic mass is 19.1. The summed E-state index contributed by atoms with van der Waals surface area (Å²) in [5.74, 6) is -1.75. The highest BCUT2D eigenvalue weighted by Crippen LogP contribution is 2.36. The van der Waals surface area contributed by atoms with Crippen LogP contribution in [-0.2, 0) is 25.7 Å². The fourth-order valence-electron chi connectivity index (χ4n) is 4.38. The Labute approximate surface area is 189 Å². The number of rotatable bonds is 4. The number of carbonyl (C=O) groups excluding carboxylic acids is 1. The number of hydrogen-bond acceptors (Lipinski definition) is 4. The summed E-state index contributed by atoms with van der Waals surface area (Å²) in [6.07, 6.45) is 3.35. The molecule has 0 spiro atoms. The summed E-state index contributed by atoms with van der Waals surface area (Å²) in [5, 5.41) is 15.6. The van der Waals surface area contributed by atoms with Crippen LogP contribution in [-0.4, -0.2) is 30.7 Å². The monoisotopic (exact) mass is 448 g/mol. The van der Waals surface area contributed by atoms with Crippen molar-refractivity contribution in [1.82, 2.24) is 19.7 Å². The molecule has 1 aliphatic heterocycles. The number of fused-ring (bicyclic) bond motifs is 2. The first kappa shape index (κ1) is 21.2. The van der Waals surface area contributed by atoms with Gasteiger partial charge in [-0.3, -0.25) is 14.5 Å². The Morgan fingerprint density at radius 3 is 2.52 bits per heavy atom. The van der Waals surface area contributed by atoms with Gasteiger partial charge in [-0.25, -0.2) is 8.78 Å². The van der Waals surface area contributed by atoms with Crippen LogP contribution in [0.4, 0.5) is 8.78 Å². The fraction of sp³-hybridized carbons (Fsp3) is 0.240. The van der Waals surface area contributed by atoms with Crippen molar-refractivity contribution in [3.05, 3.63) is 82.8 Å². The number of benzene rings is 2. The number of pyridine rings is 1. The SMILES string of the molecule is Cn1cc2c(-c3cc(F)c(CN4Cc5ncccc5C4=O)c(F)c3)ccc(C(C)(C)O)c2n1. The van der Waals surface area contributed by atoms with Gasteiger partial charge in [0.25, 0.3) is 5.91 Å². The molecule has 0 bridgehead atoms. The van der Waals surface area contributed by atoms with Crippen LogP contribution in [0.1, 0.15) is 41.0 Å². The summed E-state index contributed by atoms with van der Waals surface area (Å²) in [7, 11) is 1.75. The zero-order valence-electron chi connectivity index (χ0n) is 18.4. The van der Waals surface area contributed by atoms with Gasteiger partial charge in [-0.15, -0.1) is 0 Å². The number of carbonyl (C=O) groups is 1. The van der Waals surface area contributed by atoms with Gasteiger partial charge in [0.05, 0.1) is 35.5 Å². The third-order valence-electron chi connectivity index (χ3n) is 6.00. The third kappa shape index (κ3) is 3.56. The van der Waals surface area contributed by atoms with Crippen molar-refractivity contribution in [1.29, 1.82) is 0 Å². The van der Waals surface area contributed by atoms with Crippen molar-refractivity contribution >= 4 is 16.8 Å². The predicted molar refractivity (Wildman–Crippen MR) is 119 cm³/mol. The van der Waals surface area contributed by atoms with Crippen molar-refractivity contribution < 1.29 is 18.7 Å². The van der Waals surface area contributed by atoms with Gasteiger partial charge in [0.15, 0.2) is 0 Å². The van der Waals surface area contributed by atoms with Crippen LogP contribution in [0.25, 0.3) is 22.0 Å². The molecule has 0 fully saturated rings. The first-order chi connectivity index (χ1) is 15.6. The average molecular weight is 448 g/mol. The first-order valence-corrected chi connectivity index (χ1v) is 10.5. The number of hydrogen-bond donors (Lipinski definition) is 1. The van der Waals surface area contributed by atoms with E-state index in [1.807, 2.05) is 0 Å². The number of aliphatic hydroxyl groups is 1. The summed E-state index contributed by atoms with van der Waals surface area (Å²) in [6, 6.07) is 9.33. The van der Waals surface area contributed by atoms with Crippen LogP contribution in [0.15, 0.2) is 48.8 Å². The van der Waals surface area contributed by atoms with E-state index in [2.05, 4.69) is 10.1 Å². The molecule has 6 nitrogen and oxygen atoms in total. The van der Waals surface area contributed by atoms with Crippen molar-refractivity contribution in [3.8, 4) is 11.1 Å². The van der Waals surface area contributed by atoms with E-state index in [-0.39, 0.29) is 24.6 Å². The Kier molecular flexibility index (Phi) is 4.79. The van der Waals surface area contributed by atoms with Crippen LogP contribution in [0.3, 0.4) is 0 Å². The Balaban J connectivity index is 1.53. The molecule has 4 aromatic rings. The Morgan fingerprint density at radius 2 is 1.85 bits per heavy atom. The molecule has 33 heavy (non-hydrogen) atoms. The minimum atomic E-state index is -1.12. The molecule has 0 unspecified atom stereocenters. The van der Waals surface area contributed by atoms with Crippen molar-refractivity contribution in [2.24, 2.45) is 7.05 Å². The van der Waals surface area contributed by atoms with Gasteiger partial charge >= 0.3 is 0 Å². The molecule has 0 atom stereocenters. The van der Waals surface area contributed by atoms with E-state index >= 15 is 8.78 Å². The van der Waals surface area contributed by atoms with E-state index in [1.54, 1.807) is 62.2 Å². The summed E-state index contributed by atoms with van der Waals surface area (Å²) in [5.41, 5.74) is 1.92. The fourth-order valence-corrected chi connectivity index (χ4v) is 4.38. The Hall–Kier alpha value is -3.65. The van der Waals surface area contributed by atoms with Gasteiger partial charge in [-0.2, -0.15) is 5.10 Å². The van der Waals surface area contributed by atoms with Crippen molar-refractivity contribution in [3.63, 3.8) is 0 Å². The van der Waals surface area contributed by atoms with Crippen molar-refractivity contribution in [2.75, 3.05) is 0 Å². The van der Waals surface area contributed by atoms with Gasteiger partial charge in [0, 0.05) is 36.0 Å². The van der Waals surface area contributed by atoms with E-state index in [4.69, 9.17) is 0 Å². The second kappa shape index (κ2) is 7.45. The Bertz CT molecular complexity index is 1400. The van der Waals surface area contributed by atoms with Crippen LogP contribution in [0.5, 0.6) is 0 Å². The third-order valence-corrected chi connectivity index (χ3v) is 6.00. The maximum Gasteiger partial charge on any atom is 0.256 e. The second-order valence-electron chi connectivity index (χ2n) is 8.86. The molecule has 0 aliphatic carbocycles. The lowest BCUT2D eigenvalue weighted by atomic mass is 9.91. The lowest BCUT2D eigenvalue weighted by Gasteiger charge is -2.19. The molecule has 1 amide bonds. The molecule has 168 valence electrons. The highest BCUT2D eigenvalue weighted by Gasteiger charge is 2.30. The number of halogens is 2. The minimum absolute atomic E-state index is 0.171. The number of aromatic nitrogens is 3. The van der Waals surface area contributed by atoms with Gasteiger partial charge in [-0.1, -0.05) is 12.1 Å². The summed E-state index contributed by atoms with van der Waals surface area (Å²) in [6.45, 7) is 3.35. The molecule has 2 aromatic carbocycles. The zero-order valence-corrected chi connectivity index (χ0v) is 18.4. The maximum absolute atomic E-state index is 15.1. The normalized spacial score (nSPS) is 13.8. The molecular formula is C25H22F2N4O2. The van der Waals surface area contributed by atoms with Crippen LogP contribution in [0.2, 0.25) is 0 Å². The molecule has 1 N–H and O–H groups in total. The van der Waals surface area contributed by atoms with E-state index in [0.717, 1.165) is 0 Å². The molecule has 3 heterocycles. The summed E-state index contributed by atoms with van der Waals surface area (Å²) in [4.78, 5) is 18.1. The summed E-state index contributed by atoms with van der Waals surface area (Å²) >= 11 is 0. The lowest BCUT2D eigenvalue weighted by molar-refractivity contribution is 0.0762. The first-order valence-electron chi connectivity index (χ1n) is 10.5. The van der Waals surface area contributed by atoms with Gasteiger partial charge < -0.3 is 10.0 Å². The van der Waals surface area contributed by atoms with E-state index < -0.39 is 17.2 Å². The highest BCUT2D eigenvalue weighted by molar-refractivity contribution is 5.98. The minimum Gasteiger partial charge on any atom is -0.386 e. The number of aryl methyl sites for hydroxylation is 1. The van der Waals surface area contributed by atoms with E-state index in [0.29, 0.717) is 38.9 Å². The number of amides is 1. The molecule has 8 heteroatoms. The van der Waals surface area contributed by atoms with Crippen molar-refractivity contribution in [2.45, 2.75) is 32.5 Å². The molecule has 0 saturated heterocycles. The molecule has 0 saturated carbocycles. The standard InChI is InChI=1S/C25H22F2N4O2/c1-25(2,33)19-7-6-15(17-11-30(3)29-23(17)19)14-9-20(26)18(21(27)10-14)12-31-13-22-16(24(31)32)5-4-8-28-22/h4-11,33H,12-13H2,1-3H3. The average Bonchev–Trinajstić information content (AvgIpc) is 3.28. The topological polar surface area (TPSA) is 71.2 Å². The summed E-state index contributed by atoms with van der Waals surface area (Å²) < 4.78 is 31.9. The quantitative estimate of drug-likeness (QED) is 0.506. The molecule has 1 aliphatic rings. The number of nitrogens with zero attached hydrogens (tertiary/aromatic N) is 4. The smallest absolute Gasteiger partial charge is 0.256 e. The van der Waals surface area contributed by atoms with Crippen LogP contribution in [0, 0.1) is 11.6 Å². The van der Waals surface area contributed by atoms with Gasteiger partial charge in [-0.05, 0) is 49.2 Å². The predicted octanol–water partition coefficient (Wildman–Crippen LogP) is 4.30. The van der Waals surface area contributed by atoms with Gasteiger partial charge in [0.1, 0.15) is 11.6 Å². The second-order valence-corrected chi connectivity index (χ2v) is 8.86. The maximum atomic E-state index is 15.1. The largest absolute Gasteiger partial charge is 0.386 e.